The van der Waals surface area contributed by atoms with Gasteiger partial charge in [0.2, 0.25) is 0 Å². The van der Waals surface area contributed by atoms with Crippen molar-refractivity contribution < 1.29 is 14.3 Å². The van der Waals surface area contributed by atoms with Crippen molar-refractivity contribution in [3.05, 3.63) is 0 Å². The van der Waals surface area contributed by atoms with Gasteiger partial charge in [-0.05, 0) is 33.6 Å². The van der Waals surface area contributed by atoms with Crippen LogP contribution in [0.1, 0.15) is 33.6 Å². The molecule has 5 nitrogen and oxygen atoms in total. The van der Waals surface area contributed by atoms with Crippen LogP contribution in [0, 0.1) is 0 Å². The van der Waals surface area contributed by atoms with Gasteiger partial charge in [-0.1, -0.05) is 0 Å². The molecule has 2 atom stereocenters. The first-order chi connectivity index (χ1) is 7.40. The minimum atomic E-state index is -0.459. The van der Waals surface area contributed by atoms with Gasteiger partial charge in [-0.25, -0.2) is 4.79 Å². The van der Waals surface area contributed by atoms with E-state index in [1.807, 2.05) is 20.8 Å². The summed E-state index contributed by atoms with van der Waals surface area (Å²) in [6.07, 6.45) is 1.53. The van der Waals surface area contributed by atoms with Crippen molar-refractivity contribution in [2.24, 2.45) is 5.73 Å². The molecular weight excluding hydrogens is 208 g/mol. The van der Waals surface area contributed by atoms with Crippen LogP contribution < -0.4 is 11.1 Å². The summed E-state index contributed by atoms with van der Waals surface area (Å²) in [6, 6.07) is 0.0395. The van der Waals surface area contributed by atoms with Crippen LogP contribution in [0.25, 0.3) is 0 Å². The van der Waals surface area contributed by atoms with E-state index in [-0.39, 0.29) is 18.2 Å². The Kier molecular flexibility index (Phi) is 4.56. The summed E-state index contributed by atoms with van der Waals surface area (Å²) >= 11 is 0. The van der Waals surface area contributed by atoms with Crippen LogP contribution in [-0.4, -0.2) is 37.0 Å². The lowest BCUT2D eigenvalue weighted by Gasteiger charge is -2.29. The maximum atomic E-state index is 11.5. The lowest BCUT2D eigenvalue weighted by molar-refractivity contribution is -0.00322. The molecule has 0 radical (unpaired) electrons. The van der Waals surface area contributed by atoms with Gasteiger partial charge in [0, 0.05) is 6.54 Å². The normalized spacial score (nSPS) is 26.2. The minimum absolute atomic E-state index is 0.0395. The van der Waals surface area contributed by atoms with Gasteiger partial charge in [-0.3, -0.25) is 0 Å². The highest BCUT2D eigenvalue weighted by molar-refractivity contribution is 5.68. The molecule has 16 heavy (non-hydrogen) atoms. The van der Waals surface area contributed by atoms with E-state index in [9.17, 15) is 4.79 Å². The number of nitrogens with one attached hydrogen (secondary N) is 1. The first-order valence-corrected chi connectivity index (χ1v) is 5.72. The van der Waals surface area contributed by atoms with Crippen molar-refractivity contribution in [1.82, 2.24) is 5.32 Å². The molecule has 1 saturated heterocycles. The standard InChI is InChI=1S/C11H22N2O3/c1-11(2,3)16-10(14)13-8-4-5-9(6-12)15-7-8/h8-9H,4-7,12H2,1-3H3,(H,13,14)/t8-,9+/m0/s1. The number of alkyl carbamates (subject to hydrolysis) is 1. The third kappa shape index (κ3) is 4.81. The highest BCUT2D eigenvalue weighted by Gasteiger charge is 2.24. The van der Waals surface area contributed by atoms with Crippen molar-refractivity contribution in [2.75, 3.05) is 13.2 Å². The van der Waals surface area contributed by atoms with Crippen LogP contribution in [0.4, 0.5) is 4.79 Å². The molecule has 0 aromatic heterocycles. The predicted molar refractivity (Wildman–Crippen MR) is 61.2 cm³/mol. The van der Waals surface area contributed by atoms with E-state index < -0.39 is 5.60 Å². The maximum absolute atomic E-state index is 11.5. The molecule has 1 amide bonds. The summed E-state index contributed by atoms with van der Waals surface area (Å²) in [5, 5.41) is 2.79. The molecule has 1 heterocycles. The lowest BCUT2D eigenvalue weighted by atomic mass is 10.1. The summed E-state index contributed by atoms with van der Waals surface area (Å²) < 4.78 is 10.6. The van der Waals surface area contributed by atoms with E-state index >= 15 is 0 Å². The fraction of sp³-hybridized carbons (Fsp3) is 0.909. The van der Waals surface area contributed by atoms with E-state index in [0.717, 1.165) is 12.8 Å². The first kappa shape index (κ1) is 13.3. The number of carbonyl (C=O) groups is 1. The molecule has 1 fully saturated rings. The SMILES string of the molecule is CC(C)(C)OC(=O)N[C@H]1CC[C@H](CN)OC1. The molecule has 0 bridgehead atoms. The highest BCUT2D eigenvalue weighted by Crippen LogP contribution is 2.13. The maximum Gasteiger partial charge on any atom is 0.407 e. The largest absolute Gasteiger partial charge is 0.444 e. The van der Waals surface area contributed by atoms with Gasteiger partial charge >= 0.3 is 6.09 Å². The lowest BCUT2D eigenvalue weighted by Crippen LogP contribution is -2.46. The molecule has 0 saturated carbocycles. The molecule has 3 N–H and O–H groups in total. The predicted octanol–water partition coefficient (Wildman–Crippen LogP) is 1.02. The molecule has 5 heteroatoms. The van der Waals surface area contributed by atoms with Gasteiger partial charge in [0.1, 0.15) is 5.60 Å². The minimum Gasteiger partial charge on any atom is -0.444 e. The van der Waals surface area contributed by atoms with Crippen molar-refractivity contribution in [1.29, 1.82) is 0 Å². The smallest absolute Gasteiger partial charge is 0.407 e. The molecule has 0 aliphatic carbocycles. The summed E-state index contributed by atoms with van der Waals surface area (Å²) in [6.45, 7) is 6.58. The Hall–Kier alpha value is -0.810. The van der Waals surface area contributed by atoms with E-state index in [0.29, 0.717) is 13.2 Å². The Bertz CT molecular complexity index is 230. The van der Waals surface area contributed by atoms with Gasteiger partial charge in [0.25, 0.3) is 0 Å². The van der Waals surface area contributed by atoms with Crippen molar-refractivity contribution in [3.63, 3.8) is 0 Å². The van der Waals surface area contributed by atoms with Gasteiger partial charge < -0.3 is 20.5 Å². The van der Waals surface area contributed by atoms with E-state index in [1.54, 1.807) is 0 Å². The molecule has 1 aliphatic rings. The van der Waals surface area contributed by atoms with Crippen LogP contribution in [0.3, 0.4) is 0 Å². The Morgan fingerprint density at radius 1 is 1.50 bits per heavy atom. The summed E-state index contributed by atoms with van der Waals surface area (Å²) in [5.41, 5.74) is 5.04. The zero-order valence-corrected chi connectivity index (χ0v) is 10.3. The highest BCUT2D eigenvalue weighted by atomic mass is 16.6. The molecule has 94 valence electrons. The zero-order chi connectivity index (χ0) is 12.2. The monoisotopic (exact) mass is 230 g/mol. The number of hydrogen-bond donors (Lipinski definition) is 2. The van der Waals surface area contributed by atoms with Crippen LogP contribution in [0.5, 0.6) is 0 Å². The molecule has 0 aromatic rings. The molecule has 1 rings (SSSR count). The Morgan fingerprint density at radius 3 is 2.62 bits per heavy atom. The van der Waals surface area contributed by atoms with Gasteiger partial charge in [0.15, 0.2) is 0 Å². The summed E-state index contributed by atoms with van der Waals surface area (Å²) in [4.78, 5) is 11.5. The average Bonchev–Trinajstić information content (AvgIpc) is 2.16. The van der Waals surface area contributed by atoms with Crippen LogP contribution in [0.15, 0.2) is 0 Å². The molecular formula is C11H22N2O3. The van der Waals surface area contributed by atoms with Crippen LogP contribution >= 0.6 is 0 Å². The van der Waals surface area contributed by atoms with Gasteiger partial charge in [-0.2, -0.15) is 0 Å². The number of amides is 1. The van der Waals surface area contributed by atoms with Crippen molar-refractivity contribution in [2.45, 2.75) is 51.4 Å². The number of hydrogen-bond acceptors (Lipinski definition) is 4. The third-order valence-electron chi connectivity index (χ3n) is 2.35. The second kappa shape index (κ2) is 5.50. The first-order valence-electron chi connectivity index (χ1n) is 5.72. The topological polar surface area (TPSA) is 73.6 Å². The fourth-order valence-corrected chi connectivity index (χ4v) is 1.58. The Balaban J connectivity index is 2.26. The molecule has 0 aromatic carbocycles. The Labute approximate surface area is 96.7 Å². The third-order valence-corrected chi connectivity index (χ3v) is 2.35. The fourth-order valence-electron chi connectivity index (χ4n) is 1.58. The number of carbonyl (C=O) groups excluding carboxylic acids is 1. The van der Waals surface area contributed by atoms with Crippen LogP contribution in [-0.2, 0) is 9.47 Å². The second-order valence-electron chi connectivity index (χ2n) is 5.11. The van der Waals surface area contributed by atoms with Crippen molar-refractivity contribution >= 4 is 6.09 Å². The molecule has 0 spiro atoms. The molecule has 1 aliphatic heterocycles. The molecule has 0 unspecified atom stereocenters. The van der Waals surface area contributed by atoms with E-state index in [1.165, 1.54) is 0 Å². The number of ether oxygens (including phenoxy) is 2. The van der Waals surface area contributed by atoms with Gasteiger partial charge in [0.05, 0.1) is 18.8 Å². The quantitative estimate of drug-likeness (QED) is 0.742. The summed E-state index contributed by atoms with van der Waals surface area (Å²) in [7, 11) is 0. The van der Waals surface area contributed by atoms with E-state index in [4.69, 9.17) is 15.2 Å². The van der Waals surface area contributed by atoms with E-state index in [2.05, 4.69) is 5.32 Å². The van der Waals surface area contributed by atoms with Crippen LogP contribution in [0.2, 0.25) is 0 Å². The summed E-state index contributed by atoms with van der Waals surface area (Å²) in [5.74, 6) is 0. The zero-order valence-electron chi connectivity index (χ0n) is 10.3. The van der Waals surface area contributed by atoms with Gasteiger partial charge in [-0.15, -0.1) is 0 Å². The average molecular weight is 230 g/mol. The number of nitrogens with two attached hydrogens (primary N) is 1. The second-order valence-corrected chi connectivity index (χ2v) is 5.11. The van der Waals surface area contributed by atoms with Crippen molar-refractivity contribution in [3.8, 4) is 0 Å². The number of rotatable bonds is 2. The Morgan fingerprint density at radius 2 is 2.19 bits per heavy atom.